The van der Waals surface area contributed by atoms with Crippen LogP contribution in [0, 0.1) is 5.41 Å². The Balaban J connectivity index is 0.00000312. The number of amides is 1. The zero-order chi connectivity index (χ0) is 17.7. The Kier molecular flexibility index (Phi) is 8.94. The van der Waals surface area contributed by atoms with Gasteiger partial charge in [0.25, 0.3) is 0 Å². The number of rotatable bonds is 7. The third-order valence-electron chi connectivity index (χ3n) is 5.62. The van der Waals surface area contributed by atoms with Crippen molar-refractivity contribution < 1.29 is 4.79 Å². The van der Waals surface area contributed by atoms with Crippen molar-refractivity contribution in [3.8, 4) is 0 Å². The number of nitrogens with zero attached hydrogens (tertiary/aromatic N) is 3. The molecular formula is C18H36IN5O. The summed E-state index contributed by atoms with van der Waals surface area (Å²) < 4.78 is 0. The van der Waals surface area contributed by atoms with E-state index in [2.05, 4.69) is 34.5 Å². The van der Waals surface area contributed by atoms with Crippen LogP contribution in [0.2, 0.25) is 0 Å². The number of hydrogen-bond acceptors (Lipinski definition) is 3. The molecule has 0 saturated heterocycles. The highest BCUT2D eigenvalue weighted by Crippen LogP contribution is 2.38. The van der Waals surface area contributed by atoms with E-state index in [9.17, 15) is 4.79 Å². The molecule has 0 aromatic carbocycles. The second-order valence-electron chi connectivity index (χ2n) is 7.74. The van der Waals surface area contributed by atoms with Gasteiger partial charge in [0, 0.05) is 46.3 Å². The lowest BCUT2D eigenvalue weighted by Crippen LogP contribution is -2.51. The molecule has 2 aliphatic carbocycles. The third-order valence-corrected chi connectivity index (χ3v) is 5.62. The molecule has 7 heteroatoms. The number of hydrogen-bond donors (Lipinski definition) is 2. The van der Waals surface area contributed by atoms with E-state index in [4.69, 9.17) is 0 Å². The van der Waals surface area contributed by atoms with Crippen molar-refractivity contribution >= 4 is 35.8 Å². The maximum Gasteiger partial charge on any atom is 0.230 e. The van der Waals surface area contributed by atoms with Crippen LogP contribution in [0.5, 0.6) is 0 Å². The highest BCUT2D eigenvalue weighted by atomic mass is 127. The SMILES string of the molecule is CN=C(NCC(C)N(C)C1CC1)NCC1(C(=O)N(C)C)CCCC1.I. The normalized spacial score (nSPS) is 20.8. The molecule has 2 fully saturated rings. The van der Waals surface area contributed by atoms with Crippen LogP contribution in [0.15, 0.2) is 4.99 Å². The molecule has 25 heavy (non-hydrogen) atoms. The minimum absolute atomic E-state index is 0. The quantitative estimate of drug-likeness (QED) is 0.343. The number of likely N-dealkylation sites (N-methyl/N-ethyl adjacent to an activating group) is 1. The minimum Gasteiger partial charge on any atom is -0.355 e. The van der Waals surface area contributed by atoms with Crippen molar-refractivity contribution in [2.24, 2.45) is 10.4 Å². The Labute approximate surface area is 170 Å². The van der Waals surface area contributed by atoms with Gasteiger partial charge in [-0.15, -0.1) is 24.0 Å². The first kappa shape index (κ1) is 22.5. The summed E-state index contributed by atoms with van der Waals surface area (Å²) in [5, 5.41) is 6.81. The molecule has 0 bridgehead atoms. The first-order valence-corrected chi connectivity index (χ1v) is 9.28. The Morgan fingerprint density at radius 2 is 1.80 bits per heavy atom. The summed E-state index contributed by atoms with van der Waals surface area (Å²) in [7, 11) is 7.69. The van der Waals surface area contributed by atoms with Gasteiger partial charge in [0.05, 0.1) is 5.41 Å². The molecule has 2 aliphatic rings. The van der Waals surface area contributed by atoms with Crippen molar-refractivity contribution in [2.75, 3.05) is 41.3 Å². The maximum atomic E-state index is 12.6. The van der Waals surface area contributed by atoms with Gasteiger partial charge in [-0.1, -0.05) is 12.8 Å². The van der Waals surface area contributed by atoms with E-state index in [1.54, 1.807) is 11.9 Å². The number of carbonyl (C=O) groups is 1. The number of nitrogens with one attached hydrogen (secondary N) is 2. The van der Waals surface area contributed by atoms with Gasteiger partial charge in [0.2, 0.25) is 5.91 Å². The lowest BCUT2D eigenvalue weighted by molar-refractivity contribution is -0.138. The van der Waals surface area contributed by atoms with Gasteiger partial charge < -0.3 is 15.5 Å². The van der Waals surface area contributed by atoms with E-state index in [-0.39, 0.29) is 35.3 Å². The first-order valence-electron chi connectivity index (χ1n) is 9.28. The standard InChI is InChI=1S/C18H35N5O.HI/c1-14(23(5)15-8-9-15)12-20-17(19-2)21-13-18(10-6-7-11-18)16(24)22(3)4;/h14-15H,6-13H2,1-5H3,(H2,19,20,21);1H. The molecule has 0 aliphatic heterocycles. The lowest BCUT2D eigenvalue weighted by Gasteiger charge is -2.32. The molecule has 1 atom stereocenters. The van der Waals surface area contributed by atoms with Crippen LogP contribution in [-0.2, 0) is 4.79 Å². The Bertz CT molecular complexity index is 458. The van der Waals surface area contributed by atoms with E-state index >= 15 is 0 Å². The van der Waals surface area contributed by atoms with Gasteiger partial charge in [-0.3, -0.25) is 14.7 Å². The molecule has 146 valence electrons. The largest absolute Gasteiger partial charge is 0.355 e. The molecule has 0 heterocycles. The van der Waals surface area contributed by atoms with Crippen molar-refractivity contribution in [2.45, 2.75) is 57.5 Å². The van der Waals surface area contributed by atoms with Gasteiger partial charge in [-0.25, -0.2) is 0 Å². The van der Waals surface area contributed by atoms with E-state index in [0.29, 0.717) is 12.6 Å². The summed E-state index contributed by atoms with van der Waals surface area (Å²) in [4.78, 5) is 21.1. The van der Waals surface area contributed by atoms with Crippen molar-refractivity contribution in [1.82, 2.24) is 20.4 Å². The van der Waals surface area contributed by atoms with Gasteiger partial charge >= 0.3 is 0 Å². The van der Waals surface area contributed by atoms with Crippen LogP contribution in [0.4, 0.5) is 0 Å². The van der Waals surface area contributed by atoms with Crippen LogP contribution >= 0.6 is 24.0 Å². The van der Waals surface area contributed by atoms with Gasteiger partial charge in [0.15, 0.2) is 5.96 Å². The van der Waals surface area contributed by atoms with Crippen LogP contribution in [0.25, 0.3) is 0 Å². The van der Waals surface area contributed by atoms with Crippen molar-refractivity contribution in [3.05, 3.63) is 0 Å². The van der Waals surface area contributed by atoms with Gasteiger partial charge in [-0.05, 0) is 39.7 Å². The summed E-state index contributed by atoms with van der Waals surface area (Å²) in [5.74, 6) is 1.04. The van der Waals surface area contributed by atoms with E-state index in [1.165, 1.54) is 12.8 Å². The Hall–Kier alpha value is -0.570. The molecule has 0 spiro atoms. The van der Waals surface area contributed by atoms with Gasteiger partial charge in [0.1, 0.15) is 0 Å². The average molecular weight is 465 g/mol. The summed E-state index contributed by atoms with van der Waals surface area (Å²) in [6.07, 6.45) is 6.85. The lowest BCUT2D eigenvalue weighted by atomic mass is 9.84. The molecule has 2 saturated carbocycles. The number of aliphatic imine (C=N–C) groups is 1. The fraction of sp³-hybridized carbons (Fsp3) is 0.889. The van der Waals surface area contributed by atoms with Crippen LogP contribution in [0.1, 0.15) is 45.4 Å². The fourth-order valence-corrected chi connectivity index (χ4v) is 3.70. The topological polar surface area (TPSA) is 60.0 Å². The second kappa shape index (κ2) is 9.94. The van der Waals surface area contributed by atoms with Gasteiger partial charge in [-0.2, -0.15) is 0 Å². The average Bonchev–Trinajstić information content (AvgIpc) is 3.31. The van der Waals surface area contributed by atoms with Crippen LogP contribution < -0.4 is 10.6 Å². The molecule has 1 amide bonds. The predicted molar refractivity (Wildman–Crippen MR) is 115 cm³/mol. The fourth-order valence-electron chi connectivity index (χ4n) is 3.70. The molecule has 0 radical (unpaired) electrons. The Morgan fingerprint density at radius 1 is 1.20 bits per heavy atom. The second-order valence-corrected chi connectivity index (χ2v) is 7.74. The maximum absolute atomic E-state index is 12.6. The minimum atomic E-state index is -0.266. The summed E-state index contributed by atoms with van der Waals surface area (Å²) in [6, 6.07) is 1.23. The smallest absolute Gasteiger partial charge is 0.230 e. The van der Waals surface area contributed by atoms with Crippen molar-refractivity contribution in [3.63, 3.8) is 0 Å². The number of halogens is 1. The zero-order valence-corrected chi connectivity index (χ0v) is 18.8. The van der Waals surface area contributed by atoms with Crippen molar-refractivity contribution in [1.29, 1.82) is 0 Å². The Morgan fingerprint density at radius 3 is 2.28 bits per heavy atom. The molecule has 0 aromatic rings. The van der Waals surface area contributed by atoms with E-state index in [1.807, 2.05) is 14.1 Å². The van der Waals surface area contributed by atoms with Crippen LogP contribution in [0.3, 0.4) is 0 Å². The number of carbonyl (C=O) groups excluding carboxylic acids is 1. The molecule has 2 rings (SSSR count). The summed E-state index contributed by atoms with van der Waals surface area (Å²) in [6.45, 7) is 3.77. The molecular weight excluding hydrogens is 429 g/mol. The first-order chi connectivity index (χ1) is 11.4. The summed E-state index contributed by atoms with van der Waals surface area (Å²) in [5.41, 5.74) is -0.266. The number of guanidine groups is 1. The molecule has 2 N–H and O–H groups in total. The highest BCUT2D eigenvalue weighted by molar-refractivity contribution is 14.0. The third kappa shape index (κ3) is 5.98. The monoisotopic (exact) mass is 465 g/mol. The van der Waals surface area contributed by atoms with E-state index < -0.39 is 0 Å². The molecule has 0 aromatic heterocycles. The summed E-state index contributed by atoms with van der Waals surface area (Å²) >= 11 is 0. The van der Waals surface area contributed by atoms with E-state index in [0.717, 1.165) is 44.2 Å². The molecule has 6 nitrogen and oxygen atoms in total. The highest BCUT2D eigenvalue weighted by Gasteiger charge is 2.42. The van der Waals surface area contributed by atoms with Crippen LogP contribution in [-0.4, -0.2) is 75.0 Å². The predicted octanol–water partition coefficient (Wildman–Crippen LogP) is 1.90. The zero-order valence-electron chi connectivity index (χ0n) is 16.5. The molecule has 1 unspecified atom stereocenters.